The summed E-state index contributed by atoms with van der Waals surface area (Å²) in [6.07, 6.45) is 4.75. The summed E-state index contributed by atoms with van der Waals surface area (Å²) in [4.78, 5) is 3.94. The lowest BCUT2D eigenvalue weighted by Gasteiger charge is -2.08. The van der Waals surface area contributed by atoms with Gasteiger partial charge in [0.05, 0.1) is 6.20 Å². The van der Waals surface area contributed by atoms with Gasteiger partial charge in [-0.15, -0.1) is 12.4 Å². The van der Waals surface area contributed by atoms with Crippen LogP contribution >= 0.6 is 12.4 Å². The van der Waals surface area contributed by atoms with Gasteiger partial charge in [-0.25, -0.2) is 4.73 Å². The summed E-state index contributed by atoms with van der Waals surface area (Å²) in [7, 11) is 0. The van der Waals surface area contributed by atoms with E-state index in [0.717, 1.165) is 17.6 Å². The summed E-state index contributed by atoms with van der Waals surface area (Å²) in [5.41, 5.74) is 5.36. The zero-order valence-corrected chi connectivity index (χ0v) is 7.25. The lowest BCUT2D eigenvalue weighted by atomic mass is 10.3. The van der Waals surface area contributed by atoms with E-state index in [-0.39, 0.29) is 12.4 Å². The number of rotatable bonds is 1. The fraction of sp³-hybridized carbons (Fsp3) is 0.429. The molecule has 1 aromatic rings. The normalized spacial score (nSPS) is 18.1. The van der Waals surface area contributed by atoms with Gasteiger partial charge in [0.2, 0.25) is 0 Å². The molecule has 0 amide bonds. The topological polar surface area (TPSA) is 65.8 Å². The predicted molar refractivity (Wildman–Crippen MR) is 45.5 cm³/mol. The Balaban J connectivity index is 0.000000720. The summed E-state index contributed by atoms with van der Waals surface area (Å²) in [6.45, 7) is 0. The quantitative estimate of drug-likeness (QED) is 0.501. The van der Waals surface area contributed by atoms with Crippen LogP contribution in [0.15, 0.2) is 18.5 Å². The fourth-order valence-electron chi connectivity index (χ4n) is 1.06. The van der Waals surface area contributed by atoms with Gasteiger partial charge in [0, 0.05) is 6.07 Å². The van der Waals surface area contributed by atoms with Crippen molar-refractivity contribution in [3.8, 4) is 0 Å². The van der Waals surface area contributed by atoms with Gasteiger partial charge in [0.15, 0.2) is 0 Å². The van der Waals surface area contributed by atoms with Crippen LogP contribution in [-0.4, -0.2) is 4.98 Å². The lowest BCUT2D eigenvalue weighted by Crippen LogP contribution is -2.40. The molecule has 0 atom stereocenters. The van der Waals surface area contributed by atoms with E-state index in [9.17, 15) is 5.21 Å². The Kier molecular flexibility index (Phi) is 2.21. The number of nitrogens with two attached hydrogens (primary N) is 1. The summed E-state index contributed by atoms with van der Waals surface area (Å²) in [5, 5.41) is 11.1. The third kappa shape index (κ3) is 1.35. The minimum atomic E-state index is -0.428. The first-order valence-electron chi connectivity index (χ1n) is 3.56. The zero-order valence-electron chi connectivity index (χ0n) is 6.43. The Morgan fingerprint density at radius 2 is 2.25 bits per heavy atom. The fourth-order valence-corrected chi connectivity index (χ4v) is 1.06. The number of halogens is 1. The van der Waals surface area contributed by atoms with Gasteiger partial charge in [0.1, 0.15) is 11.7 Å². The molecule has 0 saturated heterocycles. The van der Waals surface area contributed by atoms with E-state index >= 15 is 0 Å². The SMILES string of the molecule is Cl.NC1(c2nccc[n+]2[O-])CC1. The molecule has 12 heavy (non-hydrogen) atoms. The van der Waals surface area contributed by atoms with Crippen molar-refractivity contribution in [2.45, 2.75) is 18.4 Å². The van der Waals surface area contributed by atoms with Gasteiger partial charge in [-0.1, -0.05) is 4.98 Å². The number of hydrogen-bond donors (Lipinski definition) is 1. The van der Waals surface area contributed by atoms with Crippen molar-refractivity contribution in [3.63, 3.8) is 0 Å². The molecule has 0 spiro atoms. The summed E-state index contributed by atoms with van der Waals surface area (Å²) in [6, 6.07) is 1.60. The molecule has 0 aliphatic heterocycles. The van der Waals surface area contributed by atoms with Gasteiger partial charge < -0.3 is 10.9 Å². The van der Waals surface area contributed by atoms with Crippen LogP contribution in [0.1, 0.15) is 18.7 Å². The molecule has 1 fully saturated rings. The molecule has 5 heteroatoms. The van der Waals surface area contributed by atoms with Crippen molar-refractivity contribution >= 4 is 12.4 Å². The second-order valence-corrected chi connectivity index (χ2v) is 2.93. The standard InChI is InChI=1S/C7H9N3O.ClH/c8-7(2-3-7)6-9-4-1-5-10(6)11;/h1,4-5H,2-3,8H2;1H. The lowest BCUT2D eigenvalue weighted by molar-refractivity contribution is -0.620. The molecule has 1 aliphatic rings. The molecule has 1 aliphatic carbocycles. The maximum absolute atomic E-state index is 11.1. The first kappa shape index (κ1) is 9.22. The van der Waals surface area contributed by atoms with E-state index in [0.29, 0.717) is 5.82 Å². The number of aromatic nitrogens is 2. The first-order valence-corrected chi connectivity index (χ1v) is 3.56. The van der Waals surface area contributed by atoms with Crippen molar-refractivity contribution in [3.05, 3.63) is 29.5 Å². The summed E-state index contributed by atoms with van der Waals surface area (Å²) < 4.78 is 0.743. The molecule has 0 radical (unpaired) electrons. The van der Waals surface area contributed by atoms with Crippen LogP contribution in [0.5, 0.6) is 0 Å². The van der Waals surface area contributed by atoms with Gasteiger partial charge in [0.25, 0.3) is 0 Å². The highest BCUT2D eigenvalue weighted by Gasteiger charge is 2.48. The monoisotopic (exact) mass is 187 g/mol. The highest BCUT2D eigenvalue weighted by atomic mass is 35.5. The average molecular weight is 188 g/mol. The van der Waals surface area contributed by atoms with Crippen LogP contribution in [0, 0.1) is 5.21 Å². The van der Waals surface area contributed by atoms with Gasteiger partial charge in [-0.2, -0.15) is 0 Å². The summed E-state index contributed by atoms with van der Waals surface area (Å²) in [5.74, 6) is 0.444. The molecule has 2 N–H and O–H groups in total. The van der Waals surface area contributed by atoms with Crippen molar-refractivity contribution in [2.24, 2.45) is 5.73 Å². The van der Waals surface area contributed by atoms with E-state index in [4.69, 9.17) is 5.73 Å². The van der Waals surface area contributed by atoms with Crippen molar-refractivity contribution in [2.75, 3.05) is 0 Å². The molecule has 0 bridgehead atoms. The van der Waals surface area contributed by atoms with Crippen LogP contribution < -0.4 is 10.5 Å². The van der Waals surface area contributed by atoms with Gasteiger partial charge in [-0.3, -0.25) is 0 Å². The Morgan fingerprint density at radius 1 is 1.58 bits per heavy atom. The van der Waals surface area contributed by atoms with E-state index < -0.39 is 5.54 Å². The maximum atomic E-state index is 11.1. The third-order valence-electron chi connectivity index (χ3n) is 1.95. The second-order valence-electron chi connectivity index (χ2n) is 2.93. The predicted octanol–water partition coefficient (Wildman–Crippen LogP) is 0.0846. The van der Waals surface area contributed by atoms with Crippen molar-refractivity contribution in [1.29, 1.82) is 0 Å². The first-order chi connectivity index (χ1) is 5.22. The second kappa shape index (κ2) is 2.88. The third-order valence-corrected chi connectivity index (χ3v) is 1.95. The molecule has 0 aromatic carbocycles. The van der Waals surface area contributed by atoms with Crippen molar-refractivity contribution < 1.29 is 4.73 Å². The van der Waals surface area contributed by atoms with Crippen LogP contribution in [0.4, 0.5) is 0 Å². The van der Waals surface area contributed by atoms with Crippen molar-refractivity contribution in [1.82, 2.24) is 4.98 Å². The van der Waals surface area contributed by atoms with Crippen LogP contribution in [-0.2, 0) is 5.54 Å². The molecular formula is C7H10ClN3O. The minimum Gasteiger partial charge on any atom is -0.711 e. The Morgan fingerprint density at radius 3 is 2.75 bits per heavy atom. The van der Waals surface area contributed by atoms with E-state index in [1.54, 1.807) is 12.3 Å². The molecular weight excluding hydrogens is 178 g/mol. The molecule has 1 saturated carbocycles. The summed E-state index contributed by atoms with van der Waals surface area (Å²) >= 11 is 0. The molecule has 66 valence electrons. The number of hydrogen-bond acceptors (Lipinski definition) is 3. The van der Waals surface area contributed by atoms with Gasteiger partial charge in [-0.05, 0) is 12.8 Å². The van der Waals surface area contributed by atoms with Gasteiger partial charge >= 0.3 is 5.82 Å². The van der Waals surface area contributed by atoms with E-state index in [1.807, 2.05) is 0 Å². The number of nitrogens with zero attached hydrogens (tertiary/aromatic N) is 2. The van der Waals surface area contributed by atoms with Crippen LogP contribution in [0.3, 0.4) is 0 Å². The van der Waals surface area contributed by atoms with E-state index in [2.05, 4.69) is 4.98 Å². The van der Waals surface area contributed by atoms with E-state index in [1.165, 1.54) is 6.20 Å². The largest absolute Gasteiger partial charge is 0.711 e. The Hall–Kier alpha value is -0.870. The maximum Gasteiger partial charge on any atom is 0.321 e. The Labute approximate surface area is 76.4 Å². The minimum absolute atomic E-state index is 0. The smallest absolute Gasteiger partial charge is 0.321 e. The molecule has 4 nitrogen and oxygen atoms in total. The van der Waals surface area contributed by atoms with Crippen LogP contribution in [0.2, 0.25) is 0 Å². The molecule has 1 heterocycles. The zero-order chi connectivity index (χ0) is 7.90. The molecule has 2 rings (SSSR count). The van der Waals surface area contributed by atoms with Crippen LogP contribution in [0.25, 0.3) is 0 Å². The highest BCUT2D eigenvalue weighted by molar-refractivity contribution is 5.85. The highest BCUT2D eigenvalue weighted by Crippen LogP contribution is 2.39. The Bertz CT molecular complexity index is 288. The molecule has 1 aromatic heterocycles. The average Bonchev–Trinajstić information content (AvgIpc) is 2.70. The molecule has 0 unspecified atom stereocenters.